The van der Waals surface area contributed by atoms with Crippen LogP contribution in [0.25, 0.3) is 22.0 Å². The van der Waals surface area contributed by atoms with Crippen LogP contribution in [0.1, 0.15) is 27.5 Å². The fourth-order valence-electron chi connectivity index (χ4n) is 4.63. The van der Waals surface area contributed by atoms with Crippen LogP contribution in [0.4, 0.5) is 5.69 Å². The van der Waals surface area contributed by atoms with Gasteiger partial charge in [0.05, 0.1) is 18.1 Å². The van der Waals surface area contributed by atoms with E-state index in [-0.39, 0.29) is 11.8 Å². The molecule has 7 nitrogen and oxygen atoms in total. The molecule has 0 bridgehead atoms. The molecule has 0 aliphatic carbocycles. The van der Waals surface area contributed by atoms with Crippen molar-refractivity contribution in [3.05, 3.63) is 114 Å². The molecule has 1 unspecified atom stereocenters. The van der Waals surface area contributed by atoms with E-state index in [4.69, 9.17) is 0 Å². The predicted molar refractivity (Wildman–Crippen MR) is 133 cm³/mol. The summed E-state index contributed by atoms with van der Waals surface area (Å²) in [5.41, 5.74) is 5.80. The molecule has 3 heterocycles. The van der Waals surface area contributed by atoms with Crippen LogP contribution in [0.15, 0.2) is 97.7 Å². The van der Waals surface area contributed by atoms with Gasteiger partial charge in [0.1, 0.15) is 12.4 Å². The fraction of sp³-hybridized carbons (Fsp3) is 0.0714. The van der Waals surface area contributed by atoms with Gasteiger partial charge in [0.25, 0.3) is 11.8 Å². The van der Waals surface area contributed by atoms with E-state index in [0.29, 0.717) is 17.8 Å². The summed E-state index contributed by atoms with van der Waals surface area (Å²) in [5.74, 6) is -0.483. The highest BCUT2D eigenvalue weighted by atomic mass is 16.2. The van der Waals surface area contributed by atoms with Crippen molar-refractivity contribution < 1.29 is 9.59 Å². The van der Waals surface area contributed by atoms with Gasteiger partial charge in [-0.1, -0.05) is 48.5 Å². The smallest absolute Gasteiger partial charge is 0.255 e. The monoisotopic (exact) mass is 459 g/mol. The molecular formula is C28H21N5O2. The minimum atomic E-state index is -0.795. The van der Waals surface area contributed by atoms with Crippen LogP contribution >= 0.6 is 0 Å². The largest absolute Gasteiger partial charge is 0.361 e. The van der Waals surface area contributed by atoms with Crippen LogP contribution in [-0.4, -0.2) is 31.7 Å². The van der Waals surface area contributed by atoms with Crippen LogP contribution in [0.3, 0.4) is 0 Å². The van der Waals surface area contributed by atoms with E-state index in [2.05, 4.69) is 26.3 Å². The number of rotatable bonds is 5. The fourth-order valence-corrected chi connectivity index (χ4v) is 4.63. The first kappa shape index (κ1) is 20.8. The molecule has 1 aliphatic rings. The molecule has 2 amide bonds. The Labute approximate surface area is 201 Å². The zero-order valence-electron chi connectivity index (χ0n) is 18.7. The minimum absolute atomic E-state index is 0.169. The molecule has 6 rings (SSSR count). The molecule has 5 aromatic rings. The number of benzene rings is 3. The van der Waals surface area contributed by atoms with Gasteiger partial charge in [0, 0.05) is 23.8 Å². The van der Waals surface area contributed by atoms with Crippen molar-refractivity contribution in [2.24, 2.45) is 0 Å². The van der Waals surface area contributed by atoms with E-state index < -0.39 is 6.04 Å². The lowest BCUT2D eigenvalue weighted by atomic mass is 9.99. The number of carbonyl (C=O) groups is 2. The second-order valence-electron chi connectivity index (χ2n) is 8.51. The first-order chi connectivity index (χ1) is 17.2. The number of aromatic amines is 1. The Morgan fingerprint density at radius 2 is 1.71 bits per heavy atom. The summed E-state index contributed by atoms with van der Waals surface area (Å²) in [6.45, 7) is 0.351. The van der Waals surface area contributed by atoms with Gasteiger partial charge in [-0.05, 0) is 51.9 Å². The molecular weight excluding hydrogens is 438 g/mol. The summed E-state index contributed by atoms with van der Waals surface area (Å²) in [7, 11) is 0. The summed E-state index contributed by atoms with van der Waals surface area (Å²) < 4.78 is 0. The summed E-state index contributed by atoms with van der Waals surface area (Å²) in [4.78, 5) is 39.8. The third kappa shape index (κ3) is 3.83. The first-order valence-electron chi connectivity index (χ1n) is 11.3. The lowest BCUT2D eigenvalue weighted by molar-refractivity contribution is -0.120. The van der Waals surface area contributed by atoms with E-state index in [1.807, 2.05) is 72.9 Å². The van der Waals surface area contributed by atoms with Gasteiger partial charge in [-0.15, -0.1) is 0 Å². The average Bonchev–Trinajstić information content (AvgIpc) is 3.49. The Morgan fingerprint density at radius 1 is 0.943 bits per heavy atom. The van der Waals surface area contributed by atoms with E-state index in [1.54, 1.807) is 4.90 Å². The second-order valence-corrected chi connectivity index (χ2v) is 8.51. The molecule has 0 fully saturated rings. The highest BCUT2D eigenvalue weighted by molar-refractivity contribution is 6.04. The Balaban J connectivity index is 1.34. The number of anilines is 1. The molecule has 3 aromatic carbocycles. The second kappa shape index (κ2) is 8.53. The molecule has 35 heavy (non-hydrogen) atoms. The van der Waals surface area contributed by atoms with Crippen molar-refractivity contribution in [2.75, 3.05) is 5.32 Å². The number of nitrogens with one attached hydrogen (secondary N) is 2. The minimum Gasteiger partial charge on any atom is -0.361 e. The van der Waals surface area contributed by atoms with E-state index in [9.17, 15) is 9.59 Å². The molecule has 2 N–H and O–H groups in total. The maximum Gasteiger partial charge on any atom is 0.255 e. The average molecular weight is 460 g/mol. The van der Waals surface area contributed by atoms with Gasteiger partial charge in [-0.25, -0.2) is 9.97 Å². The van der Waals surface area contributed by atoms with Gasteiger partial charge in [-0.2, -0.15) is 0 Å². The number of aromatic nitrogens is 3. The standard InChI is InChI=1S/C28H21N5O2/c34-27(32-23-14-29-17-30-15-23)26(18-4-2-1-3-5-18)33-16-22-7-6-20(13-24(22)28(33)35)19-8-9-25-21(12-19)10-11-31-25/h1-15,17,26,31H,16H2,(H,32,34). The molecule has 0 spiro atoms. The number of carbonyl (C=O) groups excluding carboxylic acids is 2. The molecule has 0 saturated heterocycles. The van der Waals surface area contributed by atoms with Crippen molar-refractivity contribution in [2.45, 2.75) is 12.6 Å². The van der Waals surface area contributed by atoms with Crippen molar-refractivity contribution in [3.63, 3.8) is 0 Å². The van der Waals surface area contributed by atoms with Gasteiger partial charge in [0.15, 0.2) is 0 Å². The predicted octanol–water partition coefficient (Wildman–Crippen LogP) is 4.96. The maximum absolute atomic E-state index is 13.6. The van der Waals surface area contributed by atoms with Crippen molar-refractivity contribution >= 4 is 28.4 Å². The molecule has 1 aliphatic heterocycles. The van der Waals surface area contributed by atoms with Gasteiger partial charge in [-0.3, -0.25) is 9.59 Å². The topological polar surface area (TPSA) is 91.0 Å². The zero-order chi connectivity index (χ0) is 23.8. The summed E-state index contributed by atoms with van der Waals surface area (Å²) in [6, 6.07) is 22.7. The van der Waals surface area contributed by atoms with Crippen LogP contribution in [0.2, 0.25) is 0 Å². The number of hydrogen-bond acceptors (Lipinski definition) is 4. The summed E-state index contributed by atoms with van der Waals surface area (Å²) >= 11 is 0. The van der Waals surface area contributed by atoms with Crippen molar-refractivity contribution in [3.8, 4) is 11.1 Å². The molecule has 0 saturated carbocycles. The lowest BCUT2D eigenvalue weighted by Crippen LogP contribution is -2.37. The third-order valence-corrected chi connectivity index (χ3v) is 6.33. The SMILES string of the molecule is O=C(Nc1cncnc1)C(c1ccccc1)N1Cc2ccc(-c3ccc4[nH]ccc4c3)cc2C1=O. The number of fused-ring (bicyclic) bond motifs is 2. The Hall–Kier alpha value is -4.78. The van der Waals surface area contributed by atoms with Gasteiger partial charge >= 0.3 is 0 Å². The third-order valence-electron chi connectivity index (χ3n) is 6.33. The molecule has 7 heteroatoms. The number of H-pyrrole nitrogens is 1. The van der Waals surface area contributed by atoms with E-state index in [0.717, 1.165) is 33.2 Å². The highest BCUT2D eigenvalue weighted by Gasteiger charge is 2.37. The van der Waals surface area contributed by atoms with Gasteiger partial charge < -0.3 is 15.2 Å². The van der Waals surface area contributed by atoms with Crippen LogP contribution in [-0.2, 0) is 11.3 Å². The Bertz CT molecular complexity index is 1550. The number of hydrogen-bond donors (Lipinski definition) is 2. The number of nitrogens with zero attached hydrogens (tertiary/aromatic N) is 3. The lowest BCUT2D eigenvalue weighted by Gasteiger charge is -2.27. The van der Waals surface area contributed by atoms with Crippen molar-refractivity contribution in [1.29, 1.82) is 0 Å². The van der Waals surface area contributed by atoms with Gasteiger partial charge in [0.2, 0.25) is 0 Å². The maximum atomic E-state index is 13.6. The molecule has 1 atom stereocenters. The van der Waals surface area contributed by atoms with Crippen LogP contribution in [0, 0.1) is 0 Å². The number of amides is 2. The van der Waals surface area contributed by atoms with E-state index >= 15 is 0 Å². The first-order valence-corrected chi connectivity index (χ1v) is 11.3. The normalized spacial score (nSPS) is 13.6. The molecule has 0 radical (unpaired) electrons. The summed E-state index contributed by atoms with van der Waals surface area (Å²) in [6.07, 6.45) is 6.37. The highest BCUT2D eigenvalue weighted by Crippen LogP contribution is 2.35. The summed E-state index contributed by atoms with van der Waals surface area (Å²) in [5, 5.41) is 3.97. The Kier molecular flexibility index (Phi) is 5.07. The van der Waals surface area contributed by atoms with E-state index in [1.165, 1.54) is 18.7 Å². The van der Waals surface area contributed by atoms with Crippen molar-refractivity contribution in [1.82, 2.24) is 19.9 Å². The quantitative estimate of drug-likeness (QED) is 0.389. The zero-order valence-corrected chi connectivity index (χ0v) is 18.7. The molecule has 170 valence electrons. The van der Waals surface area contributed by atoms with Crippen LogP contribution < -0.4 is 5.32 Å². The van der Waals surface area contributed by atoms with Crippen LogP contribution in [0.5, 0.6) is 0 Å². The molecule has 2 aromatic heterocycles. The Morgan fingerprint density at radius 3 is 2.54 bits per heavy atom.